The molecule has 7 heteroatoms. The highest BCUT2D eigenvalue weighted by Crippen LogP contribution is 2.25. The second kappa shape index (κ2) is 4.40. The monoisotopic (exact) mass is 259 g/mol. The van der Waals surface area contributed by atoms with Crippen LogP contribution in [-0.2, 0) is 14.8 Å². The molecule has 1 aliphatic heterocycles. The summed E-state index contributed by atoms with van der Waals surface area (Å²) >= 11 is 0. The zero-order valence-electron chi connectivity index (χ0n) is 10.2. The van der Waals surface area contributed by atoms with Crippen LogP contribution in [0, 0.1) is 6.92 Å². The Balaban J connectivity index is 2.30. The van der Waals surface area contributed by atoms with Gasteiger partial charge in [-0.1, -0.05) is 0 Å². The van der Waals surface area contributed by atoms with Gasteiger partial charge in [0.25, 0.3) is 0 Å². The van der Waals surface area contributed by atoms with Crippen LogP contribution in [0.5, 0.6) is 0 Å². The van der Waals surface area contributed by atoms with Crippen LogP contribution in [0.25, 0.3) is 0 Å². The maximum atomic E-state index is 12.4. The smallest absolute Gasteiger partial charge is 0.246 e. The summed E-state index contributed by atoms with van der Waals surface area (Å²) in [4.78, 5) is 0.235. The van der Waals surface area contributed by atoms with Gasteiger partial charge in [-0.25, -0.2) is 8.42 Å². The van der Waals surface area contributed by atoms with Gasteiger partial charge in [-0.2, -0.15) is 9.40 Å². The first-order valence-electron chi connectivity index (χ1n) is 5.54. The van der Waals surface area contributed by atoms with Crippen molar-refractivity contribution in [1.82, 2.24) is 14.5 Å². The van der Waals surface area contributed by atoms with Gasteiger partial charge in [0.1, 0.15) is 4.90 Å². The molecule has 17 heavy (non-hydrogen) atoms. The maximum Gasteiger partial charge on any atom is 0.246 e. The molecule has 0 aliphatic carbocycles. The van der Waals surface area contributed by atoms with E-state index in [1.54, 1.807) is 14.0 Å². The van der Waals surface area contributed by atoms with E-state index in [4.69, 9.17) is 4.74 Å². The van der Waals surface area contributed by atoms with Crippen LogP contribution in [-0.4, -0.2) is 48.7 Å². The number of nitrogens with zero attached hydrogens (tertiary/aromatic N) is 2. The summed E-state index contributed by atoms with van der Waals surface area (Å²) in [6, 6.07) is -0.103. The highest BCUT2D eigenvalue weighted by Gasteiger charge is 2.36. The van der Waals surface area contributed by atoms with Crippen molar-refractivity contribution in [3.05, 3.63) is 11.9 Å². The van der Waals surface area contributed by atoms with Gasteiger partial charge in [-0.3, -0.25) is 5.10 Å². The van der Waals surface area contributed by atoms with E-state index in [1.165, 1.54) is 10.5 Å². The lowest BCUT2D eigenvalue weighted by Gasteiger charge is -2.25. The maximum absolute atomic E-state index is 12.4. The van der Waals surface area contributed by atoms with Crippen LogP contribution in [0.15, 0.2) is 11.1 Å². The number of rotatable bonds is 3. The van der Waals surface area contributed by atoms with E-state index in [0.29, 0.717) is 12.3 Å². The fourth-order valence-corrected chi connectivity index (χ4v) is 3.69. The van der Waals surface area contributed by atoms with E-state index in [2.05, 4.69) is 10.2 Å². The Kier molecular flexibility index (Phi) is 3.24. The number of aryl methyl sites for hydroxylation is 1. The molecule has 1 saturated heterocycles. The van der Waals surface area contributed by atoms with E-state index in [9.17, 15) is 8.42 Å². The highest BCUT2D eigenvalue weighted by atomic mass is 32.2. The molecule has 0 spiro atoms. The third-order valence-corrected chi connectivity index (χ3v) is 5.24. The van der Waals surface area contributed by atoms with Gasteiger partial charge in [-0.15, -0.1) is 0 Å². The lowest BCUT2D eigenvalue weighted by Crippen LogP contribution is -2.41. The molecule has 2 heterocycles. The molecular formula is C10H17N3O3S. The van der Waals surface area contributed by atoms with Crippen LogP contribution in [0.2, 0.25) is 0 Å². The summed E-state index contributed by atoms with van der Waals surface area (Å²) in [6.45, 7) is 4.20. The zero-order chi connectivity index (χ0) is 12.6. The van der Waals surface area contributed by atoms with Gasteiger partial charge in [0.05, 0.1) is 24.0 Å². The van der Waals surface area contributed by atoms with E-state index < -0.39 is 10.0 Å². The largest absolute Gasteiger partial charge is 0.377 e. The number of hydrogen-bond donors (Lipinski definition) is 1. The van der Waals surface area contributed by atoms with Gasteiger partial charge in [0.2, 0.25) is 10.0 Å². The van der Waals surface area contributed by atoms with Crippen LogP contribution < -0.4 is 0 Å². The zero-order valence-corrected chi connectivity index (χ0v) is 11.0. The second-order valence-corrected chi connectivity index (χ2v) is 6.28. The molecule has 6 nitrogen and oxygen atoms in total. The van der Waals surface area contributed by atoms with Crippen LogP contribution >= 0.6 is 0 Å². The third-order valence-electron chi connectivity index (χ3n) is 3.24. The van der Waals surface area contributed by atoms with Crippen molar-refractivity contribution in [2.24, 2.45) is 0 Å². The van der Waals surface area contributed by atoms with Crippen molar-refractivity contribution in [1.29, 1.82) is 0 Å². The molecular weight excluding hydrogens is 242 g/mol. The molecule has 2 atom stereocenters. The second-order valence-electron chi connectivity index (χ2n) is 4.31. The van der Waals surface area contributed by atoms with Gasteiger partial charge in [0.15, 0.2) is 0 Å². The number of likely N-dealkylation sites (N-methyl/N-ethyl adjacent to an activating group) is 1. The standard InChI is InChI=1S/C10H17N3O3S/c1-7-10(6-11-12-7)17(14,15)13(3)9-4-5-16-8(9)2/h6,8-9H,4-5H2,1-3H3,(H,11,12). The molecule has 0 bridgehead atoms. The van der Waals surface area contributed by atoms with Crippen molar-refractivity contribution in [3.63, 3.8) is 0 Å². The third kappa shape index (κ3) is 2.10. The summed E-state index contributed by atoms with van der Waals surface area (Å²) in [7, 11) is -1.89. The van der Waals surface area contributed by atoms with Crippen LogP contribution in [0.1, 0.15) is 19.0 Å². The lowest BCUT2D eigenvalue weighted by atomic mass is 10.2. The van der Waals surface area contributed by atoms with E-state index in [1.807, 2.05) is 6.92 Å². The highest BCUT2D eigenvalue weighted by molar-refractivity contribution is 7.89. The van der Waals surface area contributed by atoms with E-state index >= 15 is 0 Å². The molecule has 1 aromatic rings. The van der Waals surface area contributed by atoms with E-state index in [-0.39, 0.29) is 17.0 Å². The first kappa shape index (κ1) is 12.5. The predicted molar refractivity (Wildman–Crippen MR) is 62.1 cm³/mol. The average molecular weight is 259 g/mol. The fraction of sp³-hybridized carbons (Fsp3) is 0.700. The quantitative estimate of drug-likeness (QED) is 0.858. The average Bonchev–Trinajstić information content (AvgIpc) is 2.86. The summed E-state index contributed by atoms with van der Waals surface area (Å²) < 4.78 is 31.5. The van der Waals surface area contributed by atoms with Crippen LogP contribution in [0.3, 0.4) is 0 Å². The number of H-pyrrole nitrogens is 1. The first-order valence-corrected chi connectivity index (χ1v) is 6.98. The number of sulfonamides is 1. The van der Waals surface area contributed by atoms with E-state index in [0.717, 1.165) is 6.42 Å². The Morgan fingerprint density at radius 3 is 2.76 bits per heavy atom. The van der Waals surface area contributed by atoms with Gasteiger partial charge < -0.3 is 4.74 Å². The summed E-state index contributed by atoms with van der Waals surface area (Å²) in [5.74, 6) is 0. The van der Waals surface area contributed by atoms with Crippen molar-refractivity contribution >= 4 is 10.0 Å². The number of aromatic amines is 1. The Bertz CT molecular complexity index is 497. The van der Waals surface area contributed by atoms with Gasteiger partial charge >= 0.3 is 0 Å². The Labute approximate surface area is 101 Å². The topological polar surface area (TPSA) is 75.3 Å². The normalized spacial score (nSPS) is 25.6. The number of ether oxygens (including phenoxy) is 1. The number of nitrogens with one attached hydrogen (secondary N) is 1. The molecule has 0 saturated carbocycles. The summed E-state index contributed by atoms with van der Waals surface area (Å²) in [5, 5.41) is 6.40. The van der Waals surface area contributed by atoms with Crippen molar-refractivity contribution in [2.75, 3.05) is 13.7 Å². The fourth-order valence-electron chi connectivity index (χ4n) is 2.13. The van der Waals surface area contributed by atoms with Crippen molar-refractivity contribution < 1.29 is 13.2 Å². The Morgan fingerprint density at radius 1 is 1.59 bits per heavy atom. The number of aromatic nitrogens is 2. The van der Waals surface area contributed by atoms with Gasteiger partial charge in [-0.05, 0) is 20.3 Å². The minimum absolute atomic E-state index is 0.0676. The molecule has 96 valence electrons. The molecule has 1 fully saturated rings. The first-order chi connectivity index (χ1) is 7.94. The molecule has 1 aromatic heterocycles. The molecule has 0 amide bonds. The summed E-state index contributed by atoms with van der Waals surface area (Å²) in [5.41, 5.74) is 0.559. The minimum Gasteiger partial charge on any atom is -0.377 e. The number of hydrogen-bond acceptors (Lipinski definition) is 4. The van der Waals surface area contributed by atoms with Crippen LogP contribution in [0.4, 0.5) is 0 Å². The lowest BCUT2D eigenvalue weighted by molar-refractivity contribution is 0.102. The van der Waals surface area contributed by atoms with Crippen molar-refractivity contribution in [3.8, 4) is 0 Å². The molecule has 0 aromatic carbocycles. The molecule has 0 radical (unpaired) electrons. The Hall–Kier alpha value is -0.920. The Morgan fingerprint density at radius 2 is 2.29 bits per heavy atom. The molecule has 2 unspecified atom stereocenters. The minimum atomic E-state index is -3.48. The summed E-state index contributed by atoms with van der Waals surface area (Å²) in [6.07, 6.45) is 2.01. The predicted octanol–water partition coefficient (Wildman–Crippen LogP) is 0.516. The van der Waals surface area contributed by atoms with Gasteiger partial charge in [0, 0.05) is 13.7 Å². The molecule has 2 rings (SSSR count). The molecule has 1 N–H and O–H groups in total. The van der Waals surface area contributed by atoms with Crippen molar-refractivity contribution in [2.45, 2.75) is 37.3 Å². The SMILES string of the molecule is Cc1[nH]ncc1S(=O)(=O)N(C)C1CCOC1C. The molecule has 1 aliphatic rings.